The second-order valence-electron chi connectivity index (χ2n) is 6.42. The molecule has 28 heavy (non-hydrogen) atoms. The van der Waals surface area contributed by atoms with Crippen LogP contribution < -0.4 is 10.9 Å². The molecule has 0 atom stereocenters. The lowest BCUT2D eigenvalue weighted by Gasteiger charge is -2.03. The number of anilines is 1. The fourth-order valence-corrected chi connectivity index (χ4v) is 3.98. The minimum atomic E-state index is -0.290. The predicted octanol–water partition coefficient (Wildman–Crippen LogP) is 2.39. The standard InChI is InChI=1S/C19H18N6O2S/c1-12-15-18(21-11-24(2)19(15)27)28-16(12)17(26)22-14-6-10-25(23-14)9-5-13-3-7-20-8-4-13/h3-4,6-8,10-11H,5,9H2,1-2H3,(H,22,23,26). The van der Waals surface area contributed by atoms with Crippen LogP contribution in [0.15, 0.2) is 47.9 Å². The molecule has 1 amide bonds. The fourth-order valence-electron chi connectivity index (χ4n) is 2.94. The van der Waals surface area contributed by atoms with Gasteiger partial charge in [0, 0.05) is 38.2 Å². The van der Waals surface area contributed by atoms with E-state index in [4.69, 9.17) is 0 Å². The molecule has 0 aromatic carbocycles. The zero-order valence-electron chi connectivity index (χ0n) is 15.4. The number of rotatable bonds is 5. The zero-order valence-corrected chi connectivity index (χ0v) is 16.2. The highest BCUT2D eigenvalue weighted by atomic mass is 32.1. The van der Waals surface area contributed by atoms with Crippen LogP contribution >= 0.6 is 11.3 Å². The van der Waals surface area contributed by atoms with Crippen molar-refractivity contribution < 1.29 is 4.79 Å². The number of hydrogen-bond donors (Lipinski definition) is 1. The van der Waals surface area contributed by atoms with Crippen LogP contribution in [0.25, 0.3) is 10.2 Å². The van der Waals surface area contributed by atoms with E-state index >= 15 is 0 Å². The van der Waals surface area contributed by atoms with E-state index in [1.54, 1.807) is 37.1 Å². The first-order valence-electron chi connectivity index (χ1n) is 8.71. The largest absolute Gasteiger partial charge is 0.304 e. The topological polar surface area (TPSA) is 94.7 Å². The first kappa shape index (κ1) is 18.1. The molecule has 9 heteroatoms. The van der Waals surface area contributed by atoms with Gasteiger partial charge in [-0.15, -0.1) is 11.3 Å². The first-order chi connectivity index (χ1) is 13.5. The number of nitrogens with zero attached hydrogens (tertiary/aromatic N) is 5. The summed E-state index contributed by atoms with van der Waals surface area (Å²) < 4.78 is 3.19. The van der Waals surface area contributed by atoms with Crippen molar-refractivity contribution in [2.75, 3.05) is 5.32 Å². The normalized spacial score (nSPS) is 11.1. The molecule has 0 aliphatic carbocycles. The van der Waals surface area contributed by atoms with E-state index in [1.807, 2.05) is 18.3 Å². The van der Waals surface area contributed by atoms with Gasteiger partial charge in [-0.2, -0.15) is 5.10 Å². The van der Waals surface area contributed by atoms with Crippen LogP contribution in [0.4, 0.5) is 5.82 Å². The minimum Gasteiger partial charge on any atom is -0.304 e. The van der Waals surface area contributed by atoms with Crippen LogP contribution in [0.3, 0.4) is 0 Å². The van der Waals surface area contributed by atoms with Crippen molar-refractivity contribution in [3.05, 3.63) is 69.5 Å². The molecule has 0 bridgehead atoms. The average molecular weight is 394 g/mol. The predicted molar refractivity (Wildman–Crippen MR) is 108 cm³/mol. The average Bonchev–Trinajstić information content (AvgIpc) is 3.28. The summed E-state index contributed by atoms with van der Waals surface area (Å²) in [4.78, 5) is 34.3. The summed E-state index contributed by atoms with van der Waals surface area (Å²) in [6, 6.07) is 5.69. The van der Waals surface area contributed by atoms with Crippen molar-refractivity contribution in [1.29, 1.82) is 0 Å². The van der Waals surface area contributed by atoms with E-state index in [9.17, 15) is 9.59 Å². The molecule has 0 spiro atoms. The maximum Gasteiger partial charge on any atom is 0.267 e. The molecule has 0 aliphatic rings. The van der Waals surface area contributed by atoms with Crippen molar-refractivity contribution >= 4 is 33.3 Å². The molecular weight excluding hydrogens is 376 g/mol. The Bertz CT molecular complexity index is 1210. The Morgan fingerprint density at radius 1 is 1.25 bits per heavy atom. The molecule has 0 fully saturated rings. The lowest BCUT2D eigenvalue weighted by molar-refractivity contribution is 0.102. The Kier molecular flexibility index (Phi) is 4.74. The van der Waals surface area contributed by atoms with Crippen molar-refractivity contribution in [3.8, 4) is 0 Å². The number of thiophene rings is 1. The molecule has 0 unspecified atom stereocenters. The zero-order chi connectivity index (χ0) is 19.7. The van der Waals surface area contributed by atoms with Crippen LogP contribution in [-0.4, -0.2) is 30.2 Å². The van der Waals surface area contributed by atoms with Gasteiger partial charge in [0.05, 0.1) is 16.6 Å². The van der Waals surface area contributed by atoms with E-state index in [0.29, 0.717) is 33.0 Å². The maximum atomic E-state index is 12.7. The summed E-state index contributed by atoms with van der Waals surface area (Å²) in [5.74, 6) is 0.180. The molecule has 0 aliphatic heterocycles. The molecule has 0 saturated carbocycles. The Labute approximate surface area is 164 Å². The van der Waals surface area contributed by atoms with Gasteiger partial charge in [-0.25, -0.2) is 4.98 Å². The highest BCUT2D eigenvalue weighted by molar-refractivity contribution is 7.20. The van der Waals surface area contributed by atoms with E-state index in [-0.39, 0.29) is 11.5 Å². The lowest BCUT2D eigenvalue weighted by atomic mass is 10.2. The van der Waals surface area contributed by atoms with Crippen molar-refractivity contribution in [1.82, 2.24) is 24.3 Å². The van der Waals surface area contributed by atoms with Crippen LogP contribution in [0.1, 0.15) is 20.8 Å². The Morgan fingerprint density at radius 2 is 2.04 bits per heavy atom. The maximum absolute atomic E-state index is 12.7. The summed E-state index contributed by atoms with van der Waals surface area (Å²) in [6.45, 7) is 2.46. The summed E-state index contributed by atoms with van der Waals surface area (Å²) >= 11 is 1.21. The second kappa shape index (κ2) is 7.35. The van der Waals surface area contributed by atoms with Gasteiger partial charge in [0.15, 0.2) is 5.82 Å². The summed E-state index contributed by atoms with van der Waals surface area (Å²) in [5.41, 5.74) is 1.66. The molecule has 0 radical (unpaired) electrons. The SMILES string of the molecule is Cc1c(C(=O)Nc2ccn(CCc3ccncc3)n2)sc2ncn(C)c(=O)c12. The number of carbonyl (C=O) groups is 1. The lowest BCUT2D eigenvalue weighted by Crippen LogP contribution is -2.17. The van der Waals surface area contributed by atoms with Crippen LogP contribution in [0, 0.1) is 6.92 Å². The highest BCUT2D eigenvalue weighted by Gasteiger charge is 2.19. The van der Waals surface area contributed by atoms with E-state index in [0.717, 1.165) is 6.42 Å². The van der Waals surface area contributed by atoms with Gasteiger partial charge in [0.2, 0.25) is 0 Å². The molecule has 142 valence electrons. The summed E-state index contributed by atoms with van der Waals surface area (Å²) in [6.07, 6.45) is 7.64. The third-order valence-electron chi connectivity index (χ3n) is 4.48. The fraction of sp³-hybridized carbons (Fsp3) is 0.211. The van der Waals surface area contributed by atoms with E-state index < -0.39 is 0 Å². The summed E-state index contributed by atoms with van der Waals surface area (Å²) in [5, 5.41) is 7.69. The number of amides is 1. The number of nitrogens with one attached hydrogen (secondary N) is 1. The van der Waals surface area contributed by atoms with Gasteiger partial charge in [-0.3, -0.25) is 19.3 Å². The minimum absolute atomic E-state index is 0.154. The monoisotopic (exact) mass is 394 g/mol. The van der Waals surface area contributed by atoms with E-state index in [1.165, 1.54) is 27.8 Å². The van der Waals surface area contributed by atoms with Crippen molar-refractivity contribution in [2.45, 2.75) is 19.9 Å². The molecule has 1 N–H and O–H groups in total. The van der Waals surface area contributed by atoms with Crippen LogP contribution in [0.2, 0.25) is 0 Å². The number of pyridine rings is 1. The highest BCUT2D eigenvalue weighted by Crippen LogP contribution is 2.27. The van der Waals surface area contributed by atoms with Crippen LogP contribution in [0.5, 0.6) is 0 Å². The summed E-state index contributed by atoms with van der Waals surface area (Å²) in [7, 11) is 1.64. The van der Waals surface area contributed by atoms with Gasteiger partial charge in [0.1, 0.15) is 4.83 Å². The van der Waals surface area contributed by atoms with E-state index in [2.05, 4.69) is 20.4 Å². The van der Waals surface area contributed by atoms with Crippen molar-refractivity contribution in [2.24, 2.45) is 7.05 Å². The third-order valence-corrected chi connectivity index (χ3v) is 5.68. The quantitative estimate of drug-likeness (QED) is 0.561. The van der Waals surface area contributed by atoms with Crippen molar-refractivity contribution in [3.63, 3.8) is 0 Å². The number of fused-ring (bicyclic) bond motifs is 1. The van der Waals surface area contributed by atoms with Gasteiger partial charge in [-0.05, 0) is 36.6 Å². The Morgan fingerprint density at radius 3 is 2.82 bits per heavy atom. The van der Waals surface area contributed by atoms with Crippen LogP contribution in [-0.2, 0) is 20.0 Å². The van der Waals surface area contributed by atoms with Gasteiger partial charge < -0.3 is 9.88 Å². The van der Waals surface area contributed by atoms with Gasteiger partial charge in [-0.1, -0.05) is 0 Å². The van der Waals surface area contributed by atoms with Gasteiger partial charge >= 0.3 is 0 Å². The first-order valence-corrected chi connectivity index (χ1v) is 9.53. The number of aromatic nitrogens is 5. The third kappa shape index (κ3) is 3.44. The number of hydrogen-bond acceptors (Lipinski definition) is 6. The molecule has 0 saturated heterocycles. The smallest absolute Gasteiger partial charge is 0.267 e. The molecule has 4 rings (SSSR count). The molecule has 4 heterocycles. The number of aryl methyl sites for hydroxylation is 4. The van der Waals surface area contributed by atoms with Gasteiger partial charge in [0.25, 0.3) is 11.5 Å². The molecule has 8 nitrogen and oxygen atoms in total. The molecular formula is C19H18N6O2S. The molecule has 4 aromatic heterocycles. The molecule has 4 aromatic rings. The Hall–Kier alpha value is -3.33. The second-order valence-corrected chi connectivity index (χ2v) is 7.42. The number of carbonyl (C=O) groups excluding carboxylic acids is 1. The Balaban J connectivity index is 1.49.